The summed E-state index contributed by atoms with van der Waals surface area (Å²) in [6, 6.07) is 4.52. The van der Waals surface area contributed by atoms with Crippen molar-refractivity contribution in [2.75, 3.05) is 33.3 Å². The summed E-state index contributed by atoms with van der Waals surface area (Å²) in [5.74, 6) is -0.0434. The largest absolute Gasteiger partial charge is 0.495 e. The Morgan fingerprint density at radius 2 is 2.04 bits per heavy atom. The topological polar surface area (TPSA) is 66.9 Å². The molecule has 1 aliphatic rings. The summed E-state index contributed by atoms with van der Waals surface area (Å²) in [6.45, 7) is 5.68. The maximum atomic E-state index is 13.1. The van der Waals surface area contributed by atoms with E-state index in [1.165, 1.54) is 23.5 Å². The van der Waals surface area contributed by atoms with Gasteiger partial charge in [0.2, 0.25) is 15.9 Å². The van der Waals surface area contributed by atoms with Crippen LogP contribution < -0.4 is 4.74 Å². The van der Waals surface area contributed by atoms with Crippen molar-refractivity contribution in [2.24, 2.45) is 5.92 Å². The summed E-state index contributed by atoms with van der Waals surface area (Å²) in [5, 5.41) is 0.326. The molecule has 25 heavy (non-hydrogen) atoms. The lowest BCUT2D eigenvalue weighted by Gasteiger charge is -2.34. The van der Waals surface area contributed by atoms with Gasteiger partial charge in [0.05, 0.1) is 13.0 Å². The van der Waals surface area contributed by atoms with Crippen molar-refractivity contribution in [1.29, 1.82) is 0 Å². The molecule has 0 aromatic heterocycles. The van der Waals surface area contributed by atoms with E-state index in [-0.39, 0.29) is 29.0 Å². The van der Waals surface area contributed by atoms with Crippen molar-refractivity contribution in [1.82, 2.24) is 9.21 Å². The van der Waals surface area contributed by atoms with Crippen molar-refractivity contribution in [3.8, 4) is 5.75 Å². The van der Waals surface area contributed by atoms with Gasteiger partial charge < -0.3 is 9.64 Å². The van der Waals surface area contributed by atoms with E-state index in [1.807, 2.05) is 13.8 Å². The highest BCUT2D eigenvalue weighted by Crippen LogP contribution is 2.32. The van der Waals surface area contributed by atoms with Gasteiger partial charge in [-0.05, 0) is 44.9 Å². The number of benzene rings is 1. The summed E-state index contributed by atoms with van der Waals surface area (Å²) in [6.07, 6.45) is 1.35. The quantitative estimate of drug-likeness (QED) is 0.751. The van der Waals surface area contributed by atoms with Crippen molar-refractivity contribution in [3.05, 3.63) is 23.2 Å². The molecule has 1 saturated heterocycles. The van der Waals surface area contributed by atoms with Crippen LogP contribution >= 0.6 is 11.6 Å². The Bertz CT molecular complexity index is 719. The van der Waals surface area contributed by atoms with Crippen LogP contribution in [0.4, 0.5) is 0 Å². The molecule has 0 saturated carbocycles. The Morgan fingerprint density at radius 1 is 1.36 bits per heavy atom. The number of methoxy groups -OCH3 is 1. The predicted octanol–water partition coefficient (Wildman–Crippen LogP) is 2.62. The Morgan fingerprint density at radius 3 is 2.64 bits per heavy atom. The fourth-order valence-corrected chi connectivity index (χ4v) is 5.09. The summed E-state index contributed by atoms with van der Waals surface area (Å²) >= 11 is 5.98. The van der Waals surface area contributed by atoms with E-state index in [1.54, 1.807) is 11.0 Å². The first-order chi connectivity index (χ1) is 11.8. The molecule has 6 nitrogen and oxygen atoms in total. The van der Waals surface area contributed by atoms with E-state index in [2.05, 4.69) is 0 Å². The first kappa shape index (κ1) is 20.0. The van der Waals surface area contributed by atoms with Crippen molar-refractivity contribution >= 4 is 27.5 Å². The number of hydrogen-bond donors (Lipinski definition) is 0. The number of amides is 1. The minimum Gasteiger partial charge on any atom is -0.495 e. The Hall–Kier alpha value is -1.31. The molecule has 1 heterocycles. The van der Waals surface area contributed by atoms with E-state index in [9.17, 15) is 13.2 Å². The molecule has 1 aromatic carbocycles. The van der Waals surface area contributed by atoms with E-state index < -0.39 is 10.0 Å². The van der Waals surface area contributed by atoms with Crippen molar-refractivity contribution in [2.45, 2.75) is 31.6 Å². The summed E-state index contributed by atoms with van der Waals surface area (Å²) in [4.78, 5) is 14.4. The number of rotatable bonds is 6. The molecule has 0 bridgehead atoms. The second-order valence-corrected chi connectivity index (χ2v) is 8.35. The van der Waals surface area contributed by atoms with Gasteiger partial charge in [0.15, 0.2) is 0 Å². The van der Waals surface area contributed by atoms with Gasteiger partial charge in [-0.25, -0.2) is 8.42 Å². The maximum Gasteiger partial charge on any atom is 0.246 e. The first-order valence-corrected chi connectivity index (χ1v) is 10.3. The van der Waals surface area contributed by atoms with Gasteiger partial charge in [-0.2, -0.15) is 4.31 Å². The second kappa shape index (κ2) is 8.38. The molecule has 0 unspecified atom stereocenters. The highest BCUT2D eigenvalue weighted by atomic mass is 35.5. The van der Waals surface area contributed by atoms with Crippen LogP contribution in [-0.2, 0) is 14.8 Å². The van der Waals surface area contributed by atoms with E-state index in [0.717, 1.165) is 0 Å². The zero-order valence-corrected chi connectivity index (χ0v) is 16.4. The highest BCUT2D eigenvalue weighted by Gasteiger charge is 2.36. The molecular weight excluding hydrogens is 364 g/mol. The van der Waals surface area contributed by atoms with Gasteiger partial charge >= 0.3 is 0 Å². The molecule has 1 aromatic rings. The van der Waals surface area contributed by atoms with Crippen LogP contribution in [0.15, 0.2) is 23.1 Å². The average molecular weight is 389 g/mol. The van der Waals surface area contributed by atoms with Gasteiger partial charge in [0, 0.05) is 31.2 Å². The number of carbonyl (C=O) groups is 1. The van der Waals surface area contributed by atoms with E-state index in [0.29, 0.717) is 37.5 Å². The molecule has 0 spiro atoms. The number of sulfonamides is 1. The average Bonchev–Trinajstić information content (AvgIpc) is 2.62. The summed E-state index contributed by atoms with van der Waals surface area (Å²) in [7, 11) is -2.36. The van der Waals surface area contributed by atoms with Crippen LogP contribution in [-0.4, -0.2) is 56.8 Å². The Kier molecular flexibility index (Phi) is 6.71. The number of nitrogens with zero attached hydrogens (tertiary/aromatic N) is 2. The molecule has 2 rings (SSSR count). The minimum atomic E-state index is -3.78. The number of halogens is 1. The second-order valence-electron chi connectivity index (χ2n) is 6.01. The normalized spacial score (nSPS) is 18.8. The number of carbonyl (C=O) groups excluding carboxylic acids is 1. The molecule has 1 aliphatic heterocycles. The maximum absolute atomic E-state index is 13.1. The standard InChI is InChI=1S/C17H25ClN2O4S/c1-4-19(5-2)17(21)13-7-6-10-20(12-13)25(22,23)16-11-14(18)8-9-15(16)24-3/h8-9,11,13H,4-7,10,12H2,1-3H3/t13-/m1/s1. The fraction of sp³-hybridized carbons (Fsp3) is 0.588. The molecule has 1 atom stereocenters. The molecule has 0 N–H and O–H groups in total. The van der Waals surface area contributed by atoms with Gasteiger partial charge in [0.1, 0.15) is 10.6 Å². The molecule has 0 aliphatic carbocycles. The lowest BCUT2D eigenvalue weighted by Crippen LogP contribution is -2.46. The predicted molar refractivity (Wildman–Crippen MR) is 97.4 cm³/mol. The number of hydrogen-bond acceptors (Lipinski definition) is 4. The lowest BCUT2D eigenvalue weighted by atomic mass is 9.98. The Labute approximate surface area is 154 Å². The third-order valence-corrected chi connectivity index (χ3v) is 6.67. The zero-order valence-electron chi connectivity index (χ0n) is 14.9. The van der Waals surface area contributed by atoms with Crippen LogP contribution in [0.1, 0.15) is 26.7 Å². The highest BCUT2D eigenvalue weighted by molar-refractivity contribution is 7.89. The summed E-state index contributed by atoms with van der Waals surface area (Å²) < 4.78 is 32.7. The van der Waals surface area contributed by atoms with Gasteiger partial charge in [-0.1, -0.05) is 11.6 Å². The van der Waals surface area contributed by atoms with Gasteiger partial charge in [0.25, 0.3) is 0 Å². The smallest absolute Gasteiger partial charge is 0.246 e. The third-order valence-electron chi connectivity index (χ3n) is 4.55. The zero-order chi connectivity index (χ0) is 18.6. The van der Waals surface area contributed by atoms with Gasteiger partial charge in [-0.3, -0.25) is 4.79 Å². The van der Waals surface area contributed by atoms with Crippen LogP contribution in [0.3, 0.4) is 0 Å². The third kappa shape index (κ3) is 4.27. The molecule has 0 radical (unpaired) electrons. The minimum absolute atomic E-state index is 0.0166. The van der Waals surface area contributed by atoms with Crippen LogP contribution in [0, 0.1) is 5.92 Å². The number of ether oxygens (including phenoxy) is 1. The Balaban J connectivity index is 2.28. The fourth-order valence-electron chi connectivity index (χ4n) is 3.15. The van der Waals surface area contributed by atoms with E-state index >= 15 is 0 Å². The van der Waals surface area contributed by atoms with Crippen molar-refractivity contribution in [3.63, 3.8) is 0 Å². The lowest BCUT2D eigenvalue weighted by molar-refractivity contribution is -0.136. The molecule has 1 fully saturated rings. The number of piperidine rings is 1. The van der Waals surface area contributed by atoms with Crippen molar-refractivity contribution < 1.29 is 17.9 Å². The molecule has 140 valence electrons. The first-order valence-electron chi connectivity index (χ1n) is 8.47. The van der Waals surface area contributed by atoms with E-state index in [4.69, 9.17) is 16.3 Å². The van der Waals surface area contributed by atoms with Crippen LogP contribution in [0.5, 0.6) is 5.75 Å². The monoisotopic (exact) mass is 388 g/mol. The molecule has 1 amide bonds. The van der Waals surface area contributed by atoms with Crippen LogP contribution in [0.2, 0.25) is 5.02 Å². The molecule has 8 heteroatoms. The van der Waals surface area contributed by atoms with Crippen LogP contribution in [0.25, 0.3) is 0 Å². The van der Waals surface area contributed by atoms with Gasteiger partial charge in [-0.15, -0.1) is 0 Å². The SMILES string of the molecule is CCN(CC)C(=O)[C@@H]1CCCN(S(=O)(=O)c2cc(Cl)ccc2OC)C1. The molecular formula is C17H25ClN2O4S. The summed E-state index contributed by atoms with van der Waals surface area (Å²) in [5.41, 5.74) is 0.